The monoisotopic (exact) mass is 339 g/mol. The zero-order chi connectivity index (χ0) is 13.4. The van der Waals surface area contributed by atoms with E-state index in [1.165, 1.54) is 0 Å². The van der Waals surface area contributed by atoms with Crippen LogP contribution in [0.4, 0.5) is 32.0 Å². The summed E-state index contributed by atoms with van der Waals surface area (Å²) in [5.41, 5.74) is -1.13. The van der Waals surface area contributed by atoms with Crippen molar-refractivity contribution in [2.24, 2.45) is 0 Å². The predicted molar refractivity (Wildman–Crippen MR) is 55.5 cm³/mol. The SMILES string of the molecule is Nc1cc(C(F)(F)F)c(Br)cc1SC(F)(F)F. The molecule has 1 rings (SSSR count). The van der Waals surface area contributed by atoms with E-state index >= 15 is 0 Å². The van der Waals surface area contributed by atoms with E-state index in [-0.39, 0.29) is 0 Å². The average Bonchev–Trinajstić information content (AvgIpc) is 2.06. The Morgan fingerprint density at radius 3 is 2.00 bits per heavy atom. The maximum absolute atomic E-state index is 12.4. The number of thioether (sulfide) groups is 1. The van der Waals surface area contributed by atoms with Gasteiger partial charge in [-0.05, 0) is 23.9 Å². The molecule has 1 aromatic rings. The molecule has 0 fully saturated rings. The molecule has 0 aliphatic carbocycles. The molecule has 0 saturated carbocycles. The molecule has 0 unspecified atom stereocenters. The standard InChI is InChI=1S/C8H4BrF6NS/c9-4-2-6(17-8(13,14)15)5(16)1-3(4)7(10,11)12/h1-2H,16H2. The molecular weight excluding hydrogens is 336 g/mol. The summed E-state index contributed by atoms with van der Waals surface area (Å²) >= 11 is 2.01. The minimum atomic E-state index is -4.67. The van der Waals surface area contributed by atoms with E-state index in [1.807, 2.05) is 0 Å². The van der Waals surface area contributed by atoms with Gasteiger partial charge in [-0.3, -0.25) is 0 Å². The fraction of sp³-hybridized carbons (Fsp3) is 0.250. The molecule has 0 aromatic heterocycles. The van der Waals surface area contributed by atoms with Crippen LogP contribution in [0.15, 0.2) is 21.5 Å². The molecule has 17 heavy (non-hydrogen) atoms. The van der Waals surface area contributed by atoms with Crippen LogP contribution in [0.3, 0.4) is 0 Å². The molecule has 0 heterocycles. The summed E-state index contributed by atoms with van der Waals surface area (Å²) in [7, 11) is 0. The van der Waals surface area contributed by atoms with E-state index in [9.17, 15) is 26.3 Å². The molecular formula is C8H4BrF6NS. The van der Waals surface area contributed by atoms with Gasteiger partial charge >= 0.3 is 11.7 Å². The Morgan fingerprint density at radius 1 is 1.06 bits per heavy atom. The predicted octanol–water partition coefficient (Wildman–Crippen LogP) is 4.66. The Labute approximate surface area is 104 Å². The highest BCUT2D eigenvalue weighted by Crippen LogP contribution is 2.44. The summed E-state index contributed by atoms with van der Waals surface area (Å²) in [6.07, 6.45) is -4.67. The number of halogens is 7. The molecule has 0 radical (unpaired) electrons. The van der Waals surface area contributed by atoms with Gasteiger partial charge in [-0.25, -0.2) is 0 Å². The number of anilines is 1. The van der Waals surface area contributed by atoms with Crippen molar-refractivity contribution in [1.29, 1.82) is 0 Å². The Kier molecular flexibility index (Phi) is 3.92. The van der Waals surface area contributed by atoms with Crippen molar-refractivity contribution in [3.63, 3.8) is 0 Å². The quantitative estimate of drug-likeness (QED) is 0.457. The second-order valence-corrected chi connectivity index (χ2v) is 4.88. The van der Waals surface area contributed by atoms with Crippen molar-refractivity contribution < 1.29 is 26.3 Å². The van der Waals surface area contributed by atoms with Gasteiger partial charge in [-0.15, -0.1) is 0 Å². The number of alkyl halides is 6. The smallest absolute Gasteiger partial charge is 0.398 e. The number of hydrogen-bond acceptors (Lipinski definition) is 2. The Bertz CT molecular complexity index is 427. The van der Waals surface area contributed by atoms with E-state index in [2.05, 4.69) is 15.9 Å². The normalized spacial score (nSPS) is 12.9. The summed E-state index contributed by atoms with van der Waals surface area (Å²) in [6, 6.07) is 1.18. The zero-order valence-corrected chi connectivity index (χ0v) is 10.2. The van der Waals surface area contributed by atoms with Gasteiger partial charge < -0.3 is 5.73 Å². The molecule has 0 saturated heterocycles. The van der Waals surface area contributed by atoms with Gasteiger partial charge in [-0.1, -0.05) is 15.9 Å². The third-order valence-electron chi connectivity index (χ3n) is 1.63. The second kappa shape index (κ2) is 4.60. The average molecular weight is 340 g/mol. The fourth-order valence-corrected chi connectivity index (χ4v) is 2.32. The molecule has 0 spiro atoms. The van der Waals surface area contributed by atoms with Crippen molar-refractivity contribution in [3.05, 3.63) is 22.2 Å². The van der Waals surface area contributed by atoms with E-state index in [0.717, 1.165) is 0 Å². The van der Waals surface area contributed by atoms with Gasteiger partial charge in [0.25, 0.3) is 0 Å². The number of hydrogen-bond donors (Lipinski definition) is 1. The third-order valence-corrected chi connectivity index (χ3v) is 3.09. The maximum atomic E-state index is 12.4. The van der Waals surface area contributed by atoms with Crippen LogP contribution in [0.5, 0.6) is 0 Å². The molecule has 1 nitrogen and oxygen atoms in total. The van der Waals surface area contributed by atoms with Crippen LogP contribution in [0.2, 0.25) is 0 Å². The van der Waals surface area contributed by atoms with Crippen LogP contribution < -0.4 is 5.73 Å². The first-order valence-corrected chi connectivity index (χ1v) is 5.53. The van der Waals surface area contributed by atoms with Gasteiger partial charge in [0, 0.05) is 15.1 Å². The van der Waals surface area contributed by atoms with Crippen LogP contribution >= 0.6 is 27.7 Å². The summed E-state index contributed by atoms with van der Waals surface area (Å²) < 4.78 is 72.8. The minimum Gasteiger partial charge on any atom is -0.398 e. The lowest BCUT2D eigenvalue weighted by Gasteiger charge is -2.13. The summed E-state index contributed by atoms with van der Waals surface area (Å²) in [5, 5.41) is 0. The molecule has 0 aliphatic heterocycles. The van der Waals surface area contributed by atoms with Crippen molar-refractivity contribution in [2.45, 2.75) is 16.6 Å². The molecule has 0 atom stereocenters. The first-order chi connectivity index (χ1) is 7.50. The molecule has 0 amide bonds. The van der Waals surface area contributed by atoms with E-state index in [1.54, 1.807) is 0 Å². The van der Waals surface area contributed by atoms with Crippen molar-refractivity contribution >= 4 is 33.4 Å². The van der Waals surface area contributed by atoms with Gasteiger partial charge in [0.05, 0.1) is 5.56 Å². The fourth-order valence-electron chi connectivity index (χ4n) is 1.00. The first-order valence-electron chi connectivity index (χ1n) is 3.92. The highest BCUT2D eigenvalue weighted by Gasteiger charge is 2.35. The zero-order valence-electron chi connectivity index (χ0n) is 7.79. The number of benzene rings is 1. The lowest BCUT2D eigenvalue weighted by Crippen LogP contribution is -2.08. The summed E-state index contributed by atoms with van der Waals surface area (Å²) in [6.45, 7) is 0. The van der Waals surface area contributed by atoms with E-state index in [4.69, 9.17) is 5.73 Å². The first kappa shape index (κ1) is 14.5. The molecule has 0 bridgehead atoms. The molecule has 9 heteroatoms. The van der Waals surface area contributed by atoms with Crippen molar-refractivity contribution in [3.8, 4) is 0 Å². The van der Waals surface area contributed by atoms with Gasteiger partial charge in [-0.2, -0.15) is 26.3 Å². The molecule has 1 aromatic carbocycles. The highest BCUT2D eigenvalue weighted by atomic mass is 79.9. The van der Waals surface area contributed by atoms with Crippen molar-refractivity contribution in [2.75, 3.05) is 5.73 Å². The van der Waals surface area contributed by atoms with Gasteiger partial charge in [0.1, 0.15) is 0 Å². The summed E-state index contributed by atoms with van der Waals surface area (Å²) in [4.78, 5) is -0.475. The van der Waals surface area contributed by atoms with E-state index < -0.39 is 44.1 Å². The Balaban J connectivity index is 3.19. The Hall–Kier alpha value is -0.570. The van der Waals surface area contributed by atoms with Crippen LogP contribution in [0, 0.1) is 0 Å². The number of nitrogen functional groups attached to an aromatic ring is 1. The topological polar surface area (TPSA) is 26.0 Å². The van der Waals surface area contributed by atoms with E-state index in [0.29, 0.717) is 12.1 Å². The second-order valence-electron chi connectivity index (χ2n) is 2.92. The number of rotatable bonds is 1. The molecule has 2 N–H and O–H groups in total. The summed E-state index contributed by atoms with van der Waals surface area (Å²) in [5.74, 6) is 0. The minimum absolute atomic E-state index is 0.470. The van der Waals surface area contributed by atoms with Crippen LogP contribution in [-0.2, 0) is 6.18 Å². The van der Waals surface area contributed by atoms with Crippen LogP contribution in [0.25, 0.3) is 0 Å². The Morgan fingerprint density at radius 2 is 1.59 bits per heavy atom. The lowest BCUT2D eigenvalue weighted by molar-refractivity contribution is -0.138. The maximum Gasteiger partial charge on any atom is 0.446 e. The van der Waals surface area contributed by atoms with Crippen LogP contribution in [0.1, 0.15) is 5.56 Å². The molecule has 96 valence electrons. The van der Waals surface area contributed by atoms with Crippen molar-refractivity contribution in [1.82, 2.24) is 0 Å². The van der Waals surface area contributed by atoms with Gasteiger partial charge in [0.2, 0.25) is 0 Å². The largest absolute Gasteiger partial charge is 0.446 e. The highest BCUT2D eigenvalue weighted by molar-refractivity contribution is 9.10. The molecule has 0 aliphatic rings. The van der Waals surface area contributed by atoms with Gasteiger partial charge in [0.15, 0.2) is 0 Å². The third kappa shape index (κ3) is 3.98. The number of nitrogens with two attached hydrogens (primary N) is 1. The lowest BCUT2D eigenvalue weighted by atomic mass is 10.2. The van der Waals surface area contributed by atoms with Crippen LogP contribution in [-0.4, -0.2) is 5.51 Å².